The molecule has 9 nitrogen and oxygen atoms in total. The van der Waals surface area contributed by atoms with Crippen LogP contribution in [0.4, 0.5) is 5.00 Å². The smallest absolute Gasteiger partial charge is 0.341 e. The molecule has 0 spiro atoms. The molecule has 0 saturated carbocycles. The molecular formula is C20H19BrN4O5S. The van der Waals surface area contributed by atoms with Gasteiger partial charge in [-0.25, -0.2) is 9.48 Å². The van der Waals surface area contributed by atoms with Crippen LogP contribution in [0.5, 0.6) is 5.75 Å². The summed E-state index contributed by atoms with van der Waals surface area (Å²) in [6.07, 6.45) is 1.59. The summed E-state index contributed by atoms with van der Waals surface area (Å²) in [6.45, 7) is 3.49. The van der Waals surface area contributed by atoms with Crippen LogP contribution >= 0.6 is 27.3 Å². The van der Waals surface area contributed by atoms with Crippen LogP contribution in [0.2, 0.25) is 0 Å². The Bertz CT molecular complexity index is 1120. The molecule has 3 aromatic rings. The normalized spacial score (nSPS) is 10.5. The number of halogens is 1. The van der Waals surface area contributed by atoms with Gasteiger partial charge in [-0.3, -0.25) is 9.59 Å². The number of aromatic nitrogens is 2. The lowest BCUT2D eigenvalue weighted by Crippen LogP contribution is -2.16. The zero-order valence-electron chi connectivity index (χ0n) is 16.7. The van der Waals surface area contributed by atoms with Crippen LogP contribution in [0, 0.1) is 6.92 Å². The topological polar surface area (TPSA) is 126 Å². The van der Waals surface area contributed by atoms with E-state index in [9.17, 15) is 14.4 Å². The summed E-state index contributed by atoms with van der Waals surface area (Å²) in [5, 5.41) is 6.98. The molecule has 0 saturated heterocycles. The maximum Gasteiger partial charge on any atom is 0.341 e. The van der Waals surface area contributed by atoms with Gasteiger partial charge in [-0.15, -0.1) is 11.3 Å². The molecule has 0 atom stereocenters. The van der Waals surface area contributed by atoms with E-state index in [1.807, 2.05) is 12.1 Å². The molecule has 2 heterocycles. The van der Waals surface area contributed by atoms with E-state index in [1.54, 1.807) is 32.2 Å². The molecule has 31 heavy (non-hydrogen) atoms. The molecule has 3 N–H and O–H groups in total. The Kier molecular flexibility index (Phi) is 7.08. The number of primary amides is 1. The lowest BCUT2D eigenvalue weighted by molar-refractivity contribution is 0.0527. The number of carbonyl (C=O) groups is 3. The van der Waals surface area contributed by atoms with E-state index in [0.717, 1.165) is 15.8 Å². The highest BCUT2D eigenvalue weighted by Gasteiger charge is 2.26. The summed E-state index contributed by atoms with van der Waals surface area (Å²) in [5.74, 6) is -1.24. The number of rotatable bonds is 8. The first-order chi connectivity index (χ1) is 14.8. The molecule has 0 aliphatic heterocycles. The highest BCUT2D eigenvalue weighted by molar-refractivity contribution is 9.10. The molecule has 2 amide bonds. The van der Waals surface area contributed by atoms with Crippen molar-refractivity contribution in [3.05, 3.63) is 62.7 Å². The van der Waals surface area contributed by atoms with Gasteiger partial charge in [-0.2, -0.15) is 5.10 Å². The van der Waals surface area contributed by atoms with Gasteiger partial charge >= 0.3 is 5.97 Å². The quantitative estimate of drug-likeness (QED) is 0.449. The molecule has 2 aromatic heterocycles. The van der Waals surface area contributed by atoms with Crippen LogP contribution in [0.15, 0.2) is 41.0 Å². The summed E-state index contributed by atoms with van der Waals surface area (Å²) in [4.78, 5) is 36.8. The van der Waals surface area contributed by atoms with Crippen LogP contribution in [0.1, 0.15) is 43.0 Å². The number of nitrogens with one attached hydrogen (secondary N) is 1. The van der Waals surface area contributed by atoms with E-state index in [0.29, 0.717) is 11.3 Å². The SMILES string of the molecule is CCOC(=O)c1c(NC(=O)c2ccn(COc3ccc(Br)cc3)n2)sc(C(N)=O)c1C. The van der Waals surface area contributed by atoms with Gasteiger partial charge in [0, 0.05) is 10.7 Å². The Morgan fingerprint density at radius 3 is 2.58 bits per heavy atom. The van der Waals surface area contributed by atoms with E-state index in [-0.39, 0.29) is 34.5 Å². The Morgan fingerprint density at radius 1 is 1.23 bits per heavy atom. The van der Waals surface area contributed by atoms with Crippen molar-refractivity contribution in [3.8, 4) is 5.75 Å². The number of anilines is 1. The van der Waals surface area contributed by atoms with Gasteiger partial charge in [0.05, 0.1) is 17.0 Å². The summed E-state index contributed by atoms with van der Waals surface area (Å²) < 4.78 is 13.0. The predicted molar refractivity (Wildman–Crippen MR) is 118 cm³/mol. The molecule has 11 heteroatoms. The number of hydrogen-bond acceptors (Lipinski definition) is 7. The molecule has 0 unspecified atom stereocenters. The first-order valence-corrected chi connectivity index (χ1v) is 10.7. The second kappa shape index (κ2) is 9.75. The van der Waals surface area contributed by atoms with Crippen LogP contribution in [-0.2, 0) is 11.5 Å². The zero-order chi connectivity index (χ0) is 22.5. The number of carbonyl (C=O) groups excluding carboxylic acids is 3. The highest BCUT2D eigenvalue weighted by Crippen LogP contribution is 2.33. The standard InChI is InChI=1S/C20H19BrN4O5S/c1-3-29-20(28)15-11(2)16(17(22)26)31-19(15)23-18(27)14-8-9-25(24-14)10-30-13-6-4-12(21)5-7-13/h4-9H,3,10H2,1-2H3,(H2,22,26)(H,23,27). The number of benzene rings is 1. The van der Waals surface area contributed by atoms with Gasteiger partial charge in [-0.05, 0) is 49.7 Å². The van der Waals surface area contributed by atoms with Crippen molar-refractivity contribution in [2.45, 2.75) is 20.6 Å². The van der Waals surface area contributed by atoms with Gasteiger partial charge in [0.25, 0.3) is 11.8 Å². The number of nitrogens with two attached hydrogens (primary N) is 1. The molecule has 0 bridgehead atoms. The average molecular weight is 507 g/mol. The monoisotopic (exact) mass is 506 g/mol. The third-order valence-corrected chi connectivity index (χ3v) is 5.88. The third kappa shape index (κ3) is 5.30. The Hall–Kier alpha value is -3.18. The number of esters is 1. The fraction of sp³-hybridized carbons (Fsp3) is 0.200. The molecular weight excluding hydrogens is 488 g/mol. The number of ether oxygens (including phenoxy) is 2. The van der Waals surface area contributed by atoms with E-state index >= 15 is 0 Å². The van der Waals surface area contributed by atoms with Gasteiger partial charge in [0.15, 0.2) is 12.4 Å². The minimum Gasteiger partial charge on any atom is -0.471 e. The maximum atomic E-state index is 12.7. The van der Waals surface area contributed by atoms with Gasteiger partial charge < -0.3 is 20.5 Å². The fourth-order valence-corrected chi connectivity index (χ4v) is 3.99. The molecule has 3 rings (SSSR count). The minimum atomic E-state index is -0.692. The van der Waals surface area contributed by atoms with Gasteiger partial charge in [0.1, 0.15) is 10.8 Å². The van der Waals surface area contributed by atoms with Gasteiger partial charge in [-0.1, -0.05) is 15.9 Å². The van der Waals surface area contributed by atoms with Crippen molar-refractivity contribution >= 4 is 50.1 Å². The number of nitrogens with zero attached hydrogens (tertiary/aromatic N) is 2. The van der Waals surface area contributed by atoms with Crippen molar-refractivity contribution in [3.63, 3.8) is 0 Å². The average Bonchev–Trinajstić information content (AvgIpc) is 3.32. The van der Waals surface area contributed by atoms with Crippen LogP contribution < -0.4 is 15.8 Å². The molecule has 0 radical (unpaired) electrons. The Balaban J connectivity index is 1.74. The van der Waals surface area contributed by atoms with Gasteiger partial charge in [0.2, 0.25) is 0 Å². The van der Waals surface area contributed by atoms with Crippen molar-refractivity contribution in [1.82, 2.24) is 9.78 Å². The predicted octanol–water partition coefficient (Wildman–Crippen LogP) is 3.58. The minimum absolute atomic E-state index is 0.104. The van der Waals surface area contributed by atoms with Crippen molar-refractivity contribution in [2.75, 3.05) is 11.9 Å². The van der Waals surface area contributed by atoms with Crippen molar-refractivity contribution < 1.29 is 23.9 Å². The van der Waals surface area contributed by atoms with Crippen molar-refractivity contribution in [2.24, 2.45) is 5.73 Å². The second-order valence-corrected chi connectivity index (χ2v) is 8.20. The molecule has 1 aromatic carbocycles. The third-order valence-electron chi connectivity index (χ3n) is 4.13. The molecule has 0 aliphatic carbocycles. The molecule has 0 aliphatic rings. The van der Waals surface area contributed by atoms with E-state index < -0.39 is 17.8 Å². The summed E-state index contributed by atoms with van der Waals surface area (Å²) >= 11 is 4.27. The van der Waals surface area contributed by atoms with E-state index in [1.165, 1.54) is 10.7 Å². The number of hydrogen-bond donors (Lipinski definition) is 2. The van der Waals surface area contributed by atoms with Crippen LogP contribution in [0.3, 0.4) is 0 Å². The number of thiophene rings is 1. The lowest BCUT2D eigenvalue weighted by Gasteiger charge is -2.07. The first kappa shape index (κ1) is 22.5. The number of amides is 2. The van der Waals surface area contributed by atoms with Crippen molar-refractivity contribution in [1.29, 1.82) is 0 Å². The molecule has 162 valence electrons. The largest absolute Gasteiger partial charge is 0.471 e. The van der Waals surface area contributed by atoms with E-state index in [2.05, 4.69) is 26.3 Å². The fourth-order valence-electron chi connectivity index (χ4n) is 2.68. The summed E-state index contributed by atoms with van der Waals surface area (Å²) in [6, 6.07) is 8.81. The van der Waals surface area contributed by atoms with Crippen LogP contribution in [-0.4, -0.2) is 34.2 Å². The first-order valence-electron chi connectivity index (χ1n) is 9.13. The Labute approximate surface area is 190 Å². The van der Waals surface area contributed by atoms with E-state index in [4.69, 9.17) is 15.2 Å². The second-order valence-electron chi connectivity index (χ2n) is 6.27. The zero-order valence-corrected chi connectivity index (χ0v) is 19.1. The summed E-state index contributed by atoms with van der Waals surface area (Å²) in [7, 11) is 0. The Morgan fingerprint density at radius 2 is 1.94 bits per heavy atom. The maximum absolute atomic E-state index is 12.7. The lowest BCUT2D eigenvalue weighted by atomic mass is 10.1. The molecule has 0 fully saturated rings. The van der Waals surface area contributed by atoms with Crippen LogP contribution in [0.25, 0.3) is 0 Å². The summed E-state index contributed by atoms with van der Waals surface area (Å²) in [5.41, 5.74) is 5.96. The highest BCUT2D eigenvalue weighted by atomic mass is 79.9.